The predicted octanol–water partition coefficient (Wildman–Crippen LogP) is 3.04. The quantitative estimate of drug-likeness (QED) is 0.659. The smallest absolute Gasteiger partial charge is 0.403 e. The Morgan fingerprint density at radius 2 is 1.29 bits per heavy atom. The summed E-state index contributed by atoms with van der Waals surface area (Å²) < 4.78 is 18.0. The van der Waals surface area contributed by atoms with E-state index in [1.165, 1.54) is 0 Å². The first-order valence-electron chi connectivity index (χ1n) is 6.72. The Morgan fingerprint density at radius 1 is 0.882 bits per heavy atom. The maximum atomic E-state index is 6.12. The molecule has 2 aliphatic heterocycles. The van der Waals surface area contributed by atoms with Crippen LogP contribution in [-0.2, 0) is 14.0 Å². The minimum Gasteiger partial charge on any atom is -0.403 e. The standard InChI is InChI=1S/C13H25BO3/c1-9-7-11(8-10(2)15-9)14-16-12(3,4)13(5,6)17-14/h9-11H,7-8H2,1-6H3. The Hall–Kier alpha value is -0.0551. The van der Waals surface area contributed by atoms with E-state index >= 15 is 0 Å². The lowest BCUT2D eigenvalue weighted by atomic mass is 9.65. The Balaban J connectivity index is 2.05. The van der Waals surface area contributed by atoms with E-state index in [1.54, 1.807) is 0 Å². The molecular formula is C13H25BO3. The molecule has 4 heteroatoms. The fraction of sp³-hybridized carbons (Fsp3) is 1.00. The van der Waals surface area contributed by atoms with Crippen molar-refractivity contribution in [3.63, 3.8) is 0 Å². The van der Waals surface area contributed by atoms with E-state index in [2.05, 4.69) is 41.5 Å². The van der Waals surface area contributed by atoms with E-state index in [0.717, 1.165) is 12.8 Å². The average molecular weight is 240 g/mol. The van der Waals surface area contributed by atoms with E-state index < -0.39 is 0 Å². The summed E-state index contributed by atoms with van der Waals surface area (Å²) >= 11 is 0. The molecule has 0 radical (unpaired) electrons. The monoisotopic (exact) mass is 240 g/mol. The van der Waals surface area contributed by atoms with Crippen molar-refractivity contribution in [2.45, 2.75) is 83.6 Å². The van der Waals surface area contributed by atoms with E-state index in [-0.39, 0.29) is 18.3 Å². The second-order valence-electron chi connectivity index (χ2n) is 6.61. The lowest BCUT2D eigenvalue weighted by molar-refractivity contribution is -0.0333. The van der Waals surface area contributed by atoms with Crippen molar-refractivity contribution in [2.24, 2.45) is 0 Å². The lowest BCUT2D eigenvalue weighted by Crippen LogP contribution is -2.41. The van der Waals surface area contributed by atoms with Crippen molar-refractivity contribution in [3.8, 4) is 0 Å². The normalized spacial score (nSPS) is 40.6. The summed E-state index contributed by atoms with van der Waals surface area (Å²) in [6.07, 6.45) is 2.67. The van der Waals surface area contributed by atoms with Crippen LogP contribution in [0.15, 0.2) is 0 Å². The van der Waals surface area contributed by atoms with Gasteiger partial charge in [-0.3, -0.25) is 0 Å². The Morgan fingerprint density at radius 3 is 1.71 bits per heavy atom. The van der Waals surface area contributed by atoms with Gasteiger partial charge in [0.05, 0.1) is 23.4 Å². The van der Waals surface area contributed by atoms with Crippen molar-refractivity contribution < 1.29 is 14.0 Å². The van der Waals surface area contributed by atoms with Gasteiger partial charge in [-0.2, -0.15) is 0 Å². The Labute approximate surface area is 105 Å². The van der Waals surface area contributed by atoms with Gasteiger partial charge in [-0.05, 0) is 60.2 Å². The van der Waals surface area contributed by atoms with Crippen LogP contribution in [0.25, 0.3) is 0 Å². The molecule has 2 aliphatic rings. The maximum absolute atomic E-state index is 6.12. The van der Waals surface area contributed by atoms with Gasteiger partial charge in [0.25, 0.3) is 0 Å². The van der Waals surface area contributed by atoms with Crippen LogP contribution in [0.1, 0.15) is 54.4 Å². The molecule has 0 N–H and O–H groups in total. The van der Waals surface area contributed by atoms with Gasteiger partial charge in [0, 0.05) is 0 Å². The van der Waals surface area contributed by atoms with E-state index in [4.69, 9.17) is 14.0 Å². The minimum absolute atomic E-state index is 0.0752. The zero-order chi connectivity index (χ0) is 12.8. The Kier molecular flexibility index (Phi) is 3.35. The highest BCUT2D eigenvalue weighted by atomic mass is 16.7. The molecule has 0 spiro atoms. The average Bonchev–Trinajstić information content (AvgIpc) is 2.34. The highest BCUT2D eigenvalue weighted by Gasteiger charge is 2.54. The van der Waals surface area contributed by atoms with Gasteiger partial charge in [0.1, 0.15) is 0 Å². The van der Waals surface area contributed by atoms with Gasteiger partial charge in [-0.25, -0.2) is 0 Å². The summed E-state index contributed by atoms with van der Waals surface area (Å²) in [5, 5.41) is 0. The maximum Gasteiger partial charge on any atom is 0.461 e. The van der Waals surface area contributed by atoms with Crippen LogP contribution in [0.2, 0.25) is 5.82 Å². The molecule has 0 aromatic heterocycles. The third-order valence-electron chi connectivity index (χ3n) is 4.39. The molecule has 98 valence electrons. The number of hydrogen-bond donors (Lipinski definition) is 0. The van der Waals surface area contributed by atoms with Crippen molar-refractivity contribution in [1.82, 2.24) is 0 Å². The molecule has 17 heavy (non-hydrogen) atoms. The summed E-state index contributed by atoms with van der Waals surface area (Å²) in [5.41, 5.74) is -0.440. The fourth-order valence-electron chi connectivity index (χ4n) is 2.76. The fourth-order valence-corrected chi connectivity index (χ4v) is 2.76. The molecule has 2 atom stereocenters. The largest absolute Gasteiger partial charge is 0.461 e. The molecule has 0 bridgehead atoms. The minimum atomic E-state index is -0.220. The van der Waals surface area contributed by atoms with Crippen molar-refractivity contribution >= 4 is 7.12 Å². The second kappa shape index (κ2) is 4.25. The zero-order valence-corrected chi connectivity index (χ0v) is 11.9. The molecule has 0 saturated carbocycles. The first-order chi connectivity index (χ1) is 7.71. The Bertz CT molecular complexity index is 264. The molecule has 3 nitrogen and oxygen atoms in total. The van der Waals surface area contributed by atoms with E-state index in [1.807, 2.05) is 0 Å². The highest BCUT2D eigenvalue weighted by Crippen LogP contribution is 2.43. The van der Waals surface area contributed by atoms with Crippen LogP contribution >= 0.6 is 0 Å². The molecule has 2 heterocycles. The van der Waals surface area contributed by atoms with Crippen LogP contribution in [0.3, 0.4) is 0 Å². The van der Waals surface area contributed by atoms with Gasteiger partial charge >= 0.3 is 7.12 Å². The number of rotatable bonds is 1. The van der Waals surface area contributed by atoms with Crippen molar-refractivity contribution in [3.05, 3.63) is 0 Å². The molecular weight excluding hydrogens is 215 g/mol. The van der Waals surface area contributed by atoms with Crippen LogP contribution < -0.4 is 0 Å². The van der Waals surface area contributed by atoms with Crippen LogP contribution in [0.4, 0.5) is 0 Å². The summed E-state index contributed by atoms with van der Waals surface area (Å²) in [4.78, 5) is 0. The topological polar surface area (TPSA) is 27.7 Å². The van der Waals surface area contributed by atoms with Crippen molar-refractivity contribution in [1.29, 1.82) is 0 Å². The van der Waals surface area contributed by atoms with Gasteiger partial charge < -0.3 is 14.0 Å². The first kappa shape index (κ1) is 13.4. The molecule has 2 unspecified atom stereocenters. The van der Waals surface area contributed by atoms with E-state index in [0.29, 0.717) is 18.0 Å². The number of ether oxygens (including phenoxy) is 1. The third kappa shape index (κ3) is 2.54. The SMILES string of the molecule is CC1CC(B2OC(C)(C)C(C)(C)O2)CC(C)O1. The van der Waals surface area contributed by atoms with Crippen LogP contribution in [-0.4, -0.2) is 30.5 Å². The van der Waals surface area contributed by atoms with Gasteiger partial charge in [-0.1, -0.05) is 0 Å². The molecule has 0 amide bonds. The highest BCUT2D eigenvalue weighted by molar-refractivity contribution is 6.47. The number of hydrogen-bond acceptors (Lipinski definition) is 3. The molecule has 0 aromatic rings. The summed E-state index contributed by atoms with van der Waals surface area (Å²) in [6.45, 7) is 12.7. The van der Waals surface area contributed by atoms with Crippen LogP contribution in [0, 0.1) is 0 Å². The molecule has 2 saturated heterocycles. The van der Waals surface area contributed by atoms with Crippen molar-refractivity contribution in [2.75, 3.05) is 0 Å². The third-order valence-corrected chi connectivity index (χ3v) is 4.39. The van der Waals surface area contributed by atoms with Gasteiger partial charge in [-0.15, -0.1) is 0 Å². The molecule has 0 aromatic carbocycles. The second-order valence-corrected chi connectivity index (χ2v) is 6.61. The van der Waals surface area contributed by atoms with Crippen LogP contribution in [0.5, 0.6) is 0 Å². The summed E-state index contributed by atoms with van der Waals surface area (Å²) in [7, 11) is -0.0752. The molecule has 2 fully saturated rings. The van der Waals surface area contributed by atoms with Gasteiger partial charge in [0.2, 0.25) is 0 Å². The van der Waals surface area contributed by atoms with Gasteiger partial charge in [0.15, 0.2) is 0 Å². The predicted molar refractivity (Wildman–Crippen MR) is 69.1 cm³/mol. The summed E-state index contributed by atoms with van der Waals surface area (Å²) in [5.74, 6) is 0.454. The lowest BCUT2D eigenvalue weighted by Gasteiger charge is -2.33. The zero-order valence-electron chi connectivity index (χ0n) is 11.9. The molecule has 2 rings (SSSR count). The first-order valence-corrected chi connectivity index (χ1v) is 6.72. The molecule has 0 aliphatic carbocycles. The summed E-state index contributed by atoms with van der Waals surface area (Å²) in [6, 6.07) is 0. The van der Waals surface area contributed by atoms with E-state index in [9.17, 15) is 0 Å².